The van der Waals surface area contributed by atoms with Gasteiger partial charge in [-0.05, 0) is 55.0 Å². The summed E-state index contributed by atoms with van der Waals surface area (Å²) in [5, 5.41) is 1.06. The molecule has 6 heteroatoms. The van der Waals surface area contributed by atoms with Crippen molar-refractivity contribution in [2.45, 2.75) is 31.6 Å². The average Bonchev–Trinajstić information content (AvgIpc) is 3.18. The third kappa shape index (κ3) is 3.19. The molecule has 1 aromatic heterocycles. The molecule has 3 aromatic rings. The molecule has 5 rings (SSSR count). The highest BCUT2D eigenvalue weighted by molar-refractivity contribution is 7.93. The zero-order valence-corrected chi connectivity index (χ0v) is 17.2. The van der Waals surface area contributed by atoms with E-state index in [0.29, 0.717) is 24.4 Å². The summed E-state index contributed by atoms with van der Waals surface area (Å²) in [4.78, 5) is 5.33. The van der Waals surface area contributed by atoms with Gasteiger partial charge in [-0.15, -0.1) is 11.3 Å². The summed E-state index contributed by atoms with van der Waals surface area (Å²) in [6.07, 6.45) is 5.12. The maximum Gasteiger partial charge on any atom is 0.239 e. The van der Waals surface area contributed by atoms with Gasteiger partial charge in [-0.3, -0.25) is 0 Å². The number of benzene rings is 2. The molecule has 0 N–H and O–H groups in total. The van der Waals surface area contributed by atoms with Gasteiger partial charge in [0.2, 0.25) is 10.0 Å². The van der Waals surface area contributed by atoms with Gasteiger partial charge >= 0.3 is 0 Å². The van der Waals surface area contributed by atoms with Crippen molar-refractivity contribution in [1.82, 2.24) is 9.29 Å². The Morgan fingerprint density at radius 2 is 1.86 bits per heavy atom. The number of aryl methyl sites for hydroxylation is 1. The first kappa shape index (κ1) is 18.0. The van der Waals surface area contributed by atoms with Crippen molar-refractivity contribution >= 4 is 37.7 Å². The summed E-state index contributed by atoms with van der Waals surface area (Å²) in [5.74, 6) is 0.178. The number of hydrogen-bond donors (Lipinski definition) is 0. The van der Waals surface area contributed by atoms with Gasteiger partial charge in [0.05, 0.1) is 20.1 Å². The van der Waals surface area contributed by atoms with Crippen LogP contribution in [-0.4, -0.2) is 30.8 Å². The van der Waals surface area contributed by atoms with Gasteiger partial charge in [0.25, 0.3) is 0 Å². The highest BCUT2D eigenvalue weighted by Gasteiger charge is 2.34. The van der Waals surface area contributed by atoms with E-state index in [1.807, 2.05) is 42.5 Å². The first-order valence-corrected chi connectivity index (χ1v) is 12.0. The van der Waals surface area contributed by atoms with Crippen LogP contribution in [0, 0.1) is 0 Å². The summed E-state index contributed by atoms with van der Waals surface area (Å²) in [5.41, 5.74) is 3.27. The third-order valence-corrected chi connectivity index (χ3v) is 8.92. The van der Waals surface area contributed by atoms with Crippen molar-refractivity contribution in [3.8, 4) is 0 Å². The van der Waals surface area contributed by atoms with Crippen LogP contribution in [0.1, 0.15) is 41.3 Å². The Morgan fingerprint density at radius 3 is 2.75 bits per heavy atom. The molecule has 144 valence electrons. The molecular formula is C22H22N2O2S2. The number of nitrogens with zero attached hydrogens (tertiary/aromatic N) is 2. The SMILES string of the molecule is O=S(=O)(C1=Cc2ccccc2CC1)N1CCC[C@@H](c2nc3ccccc3s2)C1. The van der Waals surface area contributed by atoms with Crippen molar-refractivity contribution in [2.75, 3.05) is 13.1 Å². The van der Waals surface area contributed by atoms with E-state index >= 15 is 0 Å². The number of allylic oxidation sites excluding steroid dienone is 1. The number of para-hydroxylation sites is 1. The van der Waals surface area contributed by atoms with Crippen LogP contribution < -0.4 is 0 Å². The van der Waals surface area contributed by atoms with Crippen LogP contribution in [0.5, 0.6) is 0 Å². The fourth-order valence-electron chi connectivity index (χ4n) is 4.20. The second kappa shape index (κ2) is 7.10. The Bertz CT molecular complexity index is 1130. The largest absolute Gasteiger partial charge is 0.241 e. The maximum atomic E-state index is 13.3. The van der Waals surface area contributed by atoms with E-state index in [4.69, 9.17) is 4.98 Å². The summed E-state index contributed by atoms with van der Waals surface area (Å²) in [6, 6.07) is 16.2. The summed E-state index contributed by atoms with van der Waals surface area (Å²) in [6.45, 7) is 1.13. The molecule has 4 nitrogen and oxygen atoms in total. The van der Waals surface area contributed by atoms with Gasteiger partial charge in [-0.25, -0.2) is 13.4 Å². The lowest BCUT2D eigenvalue weighted by Gasteiger charge is -2.32. The normalized spacial score (nSPS) is 20.7. The van der Waals surface area contributed by atoms with Crippen molar-refractivity contribution in [3.63, 3.8) is 0 Å². The van der Waals surface area contributed by atoms with Gasteiger partial charge < -0.3 is 0 Å². The quantitative estimate of drug-likeness (QED) is 0.624. The fraction of sp³-hybridized carbons (Fsp3) is 0.318. The minimum absolute atomic E-state index is 0.178. The van der Waals surface area contributed by atoms with Gasteiger partial charge in [0.1, 0.15) is 0 Å². The number of piperidine rings is 1. The molecule has 1 saturated heterocycles. The molecular weight excluding hydrogens is 388 g/mol. The smallest absolute Gasteiger partial charge is 0.239 e. The molecule has 0 spiro atoms. The average molecular weight is 411 g/mol. The Labute approximate surface area is 169 Å². The molecule has 2 aromatic carbocycles. The fourth-order valence-corrected chi connectivity index (χ4v) is 7.01. The van der Waals surface area contributed by atoms with E-state index in [1.54, 1.807) is 15.6 Å². The highest BCUT2D eigenvalue weighted by Crippen LogP contribution is 2.36. The van der Waals surface area contributed by atoms with E-state index in [2.05, 4.69) is 12.1 Å². The number of sulfonamides is 1. The predicted molar refractivity (Wildman–Crippen MR) is 115 cm³/mol. The third-order valence-electron chi connectivity index (χ3n) is 5.73. The standard InChI is InChI=1S/C22H22N2O2S2/c25-28(26,19-12-11-16-6-1-2-7-17(16)14-19)24-13-5-8-18(15-24)22-23-20-9-3-4-10-21(20)27-22/h1-4,6-7,9-10,14,18H,5,8,11-13,15H2/t18-/m1/s1. The number of aromatic nitrogens is 1. The summed E-state index contributed by atoms with van der Waals surface area (Å²) >= 11 is 1.70. The van der Waals surface area contributed by atoms with E-state index in [-0.39, 0.29) is 5.92 Å². The summed E-state index contributed by atoms with van der Waals surface area (Å²) in [7, 11) is -3.43. The zero-order chi connectivity index (χ0) is 19.1. The molecule has 0 bridgehead atoms. The van der Waals surface area contributed by atoms with Gasteiger partial charge in [0, 0.05) is 19.0 Å². The Morgan fingerprint density at radius 1 is 1.04 bits per heavy atom. The van der Waals surface area contributed by atoms with Gasteiger partial charge in [0.15, 0.2) is 0 Å². The molecule has 1 aliphatic heterocycles. The summed E-state index contributed by atoms with van der Waals surface area (Å²) < 4.78 is 29.5. The molecule has 0 amide bonds. The van der Waals surface area contributed by atoms with E-state index in [1.165, 1.54) is 10.3 Å². The van der Waals surface area contributed by atoms with Crippen LogP contribution in [-0.2, 0) is 16.4 Å². The molecule has 1 fully saturated rings. The van der Waals surface area contributed by atoms with Crippen LogP contribution in [0.15, 0.2) is 53.4 Å². The number of hydrogen-bond acceptors (Lipinski definition) is 4. The lowest BCUT2D eigenvalue weighted by molar-refractivity contribution is 0.317. The Kier molecular flexibility index (Phi) is 4.57. The van der Waals surface area contributed by atoms with Gasteiger partial charge in [-0.1, -0.05) is 36.4 Å². The van der Waals surface area contributed by atoms with Crippen LogP contribution in [0.25, 0.3) is 16.3 Å². The van der Waals surface area contributed by atoms with Crippen molar-refractivity contribution in [2.24, 2.45) is 0 Å². The lowest BCUT2D eigenvalue weighted by Crippen LogP contribution is -2.39. The van der Waals surface area contributed by atoms with Crippen LogP contribution >= 0.6 is 11.3 Å². The van der Waals surface area contributed by atoms with Crippen LogP contribution in [0.4, 0.5) is 0 Å². The second-order valence-corrected chi connectivity index (χ2v) is 10.6. The second-order valence-electron chi connectivity index (χ2n) is 7.53. The molecule has 2 heterocycles. The Balaban J connectivity index is 1.42. The van der Waals surface area contributed by atoms with E-state index in [9.17, 15) is 8.42 Å². The van der Waals surface area contributed by atoms with E-state index in [0.717, 1.165) is 35.4 Å². The van der Waals surface area contributed by atoms with Crippen molar-refractivity contribution < 1.29 is 8.42 Å². The minimum Gasteiger partial charge on any atom is -0.241 e. The predicted octanol–water partition coefficient (Wildman–Crippen LogP) is 4.79. The molecule has 0 saturated carbocycles. The number of fused-ring (bicyclic) bond motifs is 2. The molecule has 0 radical (unpaired) electrons. The highest BCUT2D eigenvalue weighted by atomic mass is 32.2. The first-order valence-electron chi connectivity index (χ1n) is 9.75. The van der Waals surface area contributed by atoms with Gasteiger partial charge in [-0.2, -0.15) is 4.31 Å². The lowest BCUT2D eigenvalue weighted by atomic mass is 9.98. The number of rotatable bonds is 3. The monoisotopic (exact) mass is 410 g/mol. The number of thiazole rings is 1. The van der Waals surface area contributed by atoms with Crippen LogP contribution in [0.2, 0.25) is 0 Å². The maximum absolute atomic E-state index is 13.3. The molecule has 0 unspecified atom stereocenters. The van der Waals surface area contributed by atoms with E-state index < -0.39 is 10.0 Å². The minimum atomic E-state index is -3.43. The molecule has 2 aliphatic rings. The van der Waals surface area contributed by atoms with Crippen LogP contribution in [0.3, 0.4) is 0 Å². The Hall–Kier alpha value is -2.02. The molecule has 28 heavy (non-hydrogen) atoms. The van der Waals surface area contributed by atoms with Crippen molar-refractivity contribution in [3.05, 3.63) is 69.6 Å². The molecule has 1 atom stereocenters. The zero-order valence-electron chi connectivity index (χ0n) is 15.5. The topological polar surface area (TPSA) is 50.3 Å². The van der Waals surface area contributed by atoms with Crippen molar-refractivity contribution in [1.29, 1.82) is 0 Å². The first-order chi connectivity index (χ1) is 13.6. The molecule has 1 aliphatic carbocycles.